The van der Waals surface area contributed by atoms with Gasteiger partial charge in [0.1, 0.15) is 0 Å². The first-order valence-electron chi connectivity index (χ1n) is 7.79. The molecule has 0 heterocycles. The smallest absolute Gasteiger partial charge is 0.0590 e. The summed E-state index contributed by atoms with van der Waals surface area (Å²) in [5.74, 6) is 0. The first-order valence-corrected chi connectivity index (χ1v) is 8.17. The number of ether oxygens (including phenoxy) is 1. The van der Waals surface area contributed by atoms with Gasteiger partial charge in [-0.15, -0.1) is 0 Å². The van der Waals surface area contributed by atoms with Crippen LogP contribution in [0.15, 0.2) is 18.2 Å². The van der Waals surface area contributed by atoms with E-state index in [0.29, 0.717) is 19.2 Å². The molecule has 2 N–H and O–H groups in total. The Morgan fingerprint density at radius 3 is 2.43 bits per heavy atom. The molecule has 0 spiro atoms. The van der Waals surface area contributed by atoms with Gasteiger partial charge in [0, 0.05) is 37.3 Å². The van der Waals surface area contributed by atoms with Gasteiger partial charge in [-0.1, -0.05) is 37.6 Å². The zero-order valence-electron chi connectivity index (χ0n) is 13.7. The zero-order chi connectivity index (χ0) is 15.8. The molecule has 4 heteroatoms. The first-order chi connectivity index (χ1) is 10.1. The van der Waals surface area contributed by atoms with Gasteiger partial charge in [-0.05, 0) is 37.0 Å². The molecule has 1 atom stereocenters. The molecule has 0 amide bonds. The zero-order valence-corrected chi connectivity index (χ0v) is 14.5. The van der Waals surface area contributed by atoms with Crippen LogP contribution in [0.1, 0.15) is 43.9 Å². The Kier molecular flexibility index (Phi) is 8.27. The summed E-state index contributed by atoms with van der Waals surface area (Å²) in [6.07, 6.45) is 2.21. The first kappa shape index (κ1) is 18.4. The molecule has 0 fully saturated rings. The third kappa shape index (κ3) is 4.96. The Morgan fingerprint density at radius 1 is 1.29 bits per heavy atom. The average Bonchev–Trinajstić information content (AvgIpc) is 2.49. The van der Waals surface area contributed by atoms with Crippen molar-refractivity contribution in [3.8, 4) is 0 Å². The van der Waals surface area contributed by atoms with Gasteiger partial charge in [0.05, 0.1) is 6.61 Å². The van der Waals surface area contributed by atoms with Crippen molar-refractivity contribution in [2.45, 2.75) is 45.7 Å². The van der Waals surface area contributed by atoms with Crippen LogP contribution in [0.25, 0.3) is 0 Å². The maximum atomic E-state index is 6.29. The SMILES string of the molecule is CCC(CC)N(CCOC)C(CN)c1ccc(C)c(Cl)c1. The Hall–Kier alpha value is -0.610. The van der Waals surface area contributed by atoms with E-state index < -0.39 is 0 Å². The Balaban J connectivity index is 3.06. The Labute approximate surface area is 134 Å². The van der Waals surface area contributed by atoms with E-state index in [-0.39, 0.29) is 6.04 Å². The molecule has 0 radical (unpaired) electrons. The molecule has 1 rings (SSSR count). The summed E-state index contributed by atoms with van der Waals surface area (Å²) in [6.45, 7) is 8.66. The molecule has 0 aliphatic heterocycles. The van der Waals surface area contributed by atoms with Gasteiger partial charge in [-0.25, -0.2) is 0 Å². The van der Waals surface area contributed by atoms with E-state index in [1.165, 1.54) is 5.56 Å². The number of aryl methyl sites for hydroxylation is 1. The number of methoxy groups -OCH3 is 1. The molecular weight excluding hydrogens is 284 g/mol. The van der Waals surface area contributed by atoms with Gasteiger partial charge in [-0.2, -0.15) is 0 Å². The highest BCUT2D eigenvalue weighted by Crippen LogP contribution is 2.28. The summed E-state index contributed by atoms with van der Waals surface area (Å²) in [4.78, 5) is 2.46. The van der Waals surface area contributed by atoms with Crippen LogP contribution in [0.2, 0.25) is 5.02 Å². The molecule has 0 aliphatic carbocycles. The summed E-state index contributed by atoms with van der Waals surface area (Å²) in [7, 11) is 1.74. The van der Waals surface area contributed by atoms with Crippen molar-refractivity contribution in [1.29, 1.82) is 0 Å². The van der Waals surface area contributed by atoms with Gasteiger partial charge in [0.2, 0.25) is 0 Å². The van der Waals surface area contributed by atoms with Crippen LogP contribution < -0.4 is 5.73 Å². The van der Waals surface area contributed by atoms with Crippen molar-refractivity contribution in [1.82, 2.24) is 4.90 Å². The van der Waals surface area contributed by atoms with Crippen molar-refractivity contribution in [2.75, 3.05) is 26.8 Å². The highest BCUT2D eigenvalue weighted by molar-refractivity contribution is 6.31. The summed E-state index contributed by atoms with van der Waals surface area (Å²) in [5.41, 5.74) is 8.38. The molecular formula is C17H29ClN2O. The predicted octanol–water partition coefficient (Wildman–Crippen LogP) is 3.79. The number of benzene rings is 1. The highest BCUT2D eigenvalue weighted by atomic mass is 35.5. The van der Waals surface area contributed by atoms with Crippen LogP contribution in [-0.2, 0) is 4.74 Å². The molecule has 1 aromatic rings. The average molecular weight is 313 g/mol. The minimum atomic E-state index is 0.183. The lowest BCUT2D eigenvalue weighted by Crippen LogP contribution is -2.42. The molecule has 21 heavy (non-hydrogen) atoms. The number of nitrogens with zero attached hydrogens (tertiary/aromatic N) is 1. The molecule has 120 valence electrons. The molecule has 1 unspecified atom stereocenters. The number of rotatable bonds is 9. The van der Waals surface area contributed by atoms with Crippen LogP contribution >= 0.6 is 11.6 Å². The lowest BCUT2D eigenvalue weighted by molar-refractivity contribution is 0.0817. The van der Waals surface area contributed by atoms with Crippen molar-refractivity contribution < 1.29 is 4.74 Å². The Morgan fingerprint density at radius 2 is 1.95 bits per heavy atom. The molecule has 0 aromatic heterocycles. The molecule has 1 aromatic carbocycles. The van der Waals surface area contributed by atoms with Crippen molar-refractivity contribution >= 4 is 11.6 Å². The van der Waals surface area contributed by atoms with E-state index in [1.54, 1.807) is 7.11 Å². The second-order valence-corrected chi connectivity index (χ2v) is 5.87. The second-order valence-electron chi connectivity index (χ2n) is 5.46. The minimum Gasteiger partial charge on any atom is -0.383 e. The lowest BCUT2D eigenvalue weighted by Gasteiger charge is -2.37. The standard InChI is InChI=1S/C17H29ClN2O/c1-5-15(6-2)20(9-10-21-4)17(12-19)14-8-7-13(3)16(18)11-14/h7-8,11,15,17H,5-6,9-10,12,19H2,1-4H3. The molecule has 0 saturated heterocycles. The third-order valence-electron chi connectivity index (χ3n) is 4.17. The highest BCUT2D eigenvalue weighted by Gasteiger charge is 2.24. The fraction of sp³-hybridized carbons (Fsp3) is 0.647. The fourth-order valence-corrected chi connectivity index (χ4v) is 3.02. The maximum absolute atomic E-state index is 6.29. The Bertz CT molecular complexity index is 421. The summed E-state index contributed by atoms with van der Waals surface area (Å²) >= 11 is 6.29. The predicted molar refractivity (Wildman–Crippen MR) is 90.9 cm³/mol. The molecule has 0 bridgehead atoms. The monoisotopic (exact) mass is 312 g/mol. The van der Waals surface area contributed by atoms with Gasteiger partial charge < -0.3 is 10.5 Å². The summed E-state index contributed by atoms with van der Waals surface area (Å²) < 4.78 is 5.28. The largest absolute Gasteiger partial charge is 0.383 e. The normalized spacial score (nSPS) is 13.1. The van der Waals surface area contributed by atoms with Crippen LogP contribution in [0.3, 0.4) is 0 Å². The number of nitrogens with two attached hydrogens (primary N) is 1. The van der Waals surface area contributed by atoms with Crippen LogP contribution in [0, 0.1) is 6.92 Å². The van der Waals surface area contributed by atoms with Crippen LogP contribution in [0.4, 0.5) is 0 Å². The number of hydrogen-bond donors (Lipinski definition) is 1. The summed E-state index contributed by atoms with van der Waals surface area (Å²) in [6, 6.07) is 6.95. The quantitative estimate of drug-likeness (QED) is 0.754. The second kappa shape index (κ2) is 9.42. The van der Waals surface area contributed by atoms with E-state index in [1.807, 2.05) is 6.92 Å². The molecule has 0 aliphatic rings. The topological polar surface area (TPSA) is 38.5 Å². The van der Waals surface area contributed by atoms with Crippen molar-refractivity contribution in [3.63, 3.8) is 0 Å². The van der Waals surface area contributed by atoms with E-state index in [2.05, 4.69) is 36.9 Å². The van der Waals surface area contributed by atoms with Crippen LogP contribution in [0.5, 0.6) is 0 Å². The van der Waals surface area contributed by atoms with Crippen molar-refractivity contribution in [3.05, 3.63) is 34.3 Å². The molecule has 0 saturated carbocycles. The van der Waals surface area contributed by atoms with E-state index in [0.717, 1.165) is 30.0 Å². The third-order valence-corrected chi connectivity index (χ3v) is 4.58. The fourth-order valence-electron chi connectivity index (χ4n) is 2.83. The van der Waals surface area contributed by atoms with Gasteiger partial charge >= 0.3 is 0 Å². The van der Waals surface area contributed by atoms with E-state index in [4.69, 9.17) is 22.1 Å². The van der Waals surface area contributed by atoms with Crippen molar-refractivity contribution in [2.24, 2.45) is 5.73 Å². The lowest BCUT2D eigenvalue weighted by atomic mass is 10.00. The minimum absolute atomic E-state index is 0.183. The van der Waals surface area contributed by atoms with Gasteiger partial charge in [0.25, 0.3) is 0 Å². The van der Waals surface area contributed by atoms with E-state index >= 15 is 0 Å². The van der Waals surface area contributed by atoms with Crippen LogP contribution in [-0.4, -0.2) is 37.7 Å². The maximum Gasteiger partial charge on any atom is 0.0590 e. The van der Waals surface area contributed by atoms with Gasteiger partial charge in [-0.3, -0.25) is 4.90 Å². The number of halogens is 1. The van der Waals surface area contributed by atoms with E-state index in [9.17, 15) is 0 Å². The summed E-state index contributed by atoms with van der Waals surface area (Å²) in [5, 5.41) is 0.808. The van der Waals surface area contributed by atoms with Gasteiger partial charge in [0.15, 0.2) is 0 Å². The molecule has 3 nitrogen and oxygen atoms in total. The number of hydrogen-bond acceptors (Lipinski definition) is 3.